The fourth-order valence-corrected chi connectivity index (χ4v) is 1.99. The van der Waals surface area contributed by atoms with Gasteiger partial charge in [0.05, 0.1) is 18.0 Å². The highest BCUT2D eigenvalue weighted by Crippen LogP contribution is 2.22. The molecule has 3 N–H and O–H groups in total. The van der Waals surface area contributed by atoms with Crippen LogP contribution in [-0.4, -0.2) is 18.1 Å². The predicted molar refractivity (Wildman–Crippen MR) is 81.7 cm³/mol. The van der Waals surface area contributed by atoms with Crippen molar-refractivity contribution in [3.63, 3.8) is 0 Å². The lowest BCUT2D eigenvalue weighted by Gasteiger charge is -2.09. The minimum absolute atomic E-state index is 0.634. The summed E-state index contributed by atoms with van der Waals surface area (Å²) in [6.07, 6.45) is 2.74. The molecule has 0 radical (unpaired) electrons. The second kappa shape index (κ2) is 7.50. The first-order valence-electron chi connectivity index (χ1n) is 6.91. The Labute approximate surface area is 120 Å². The number of hydrogen-bond acceptors (Lipinski definition) is 4. The molecule has 0 aliphatic carbocycles. The fraction of sp³-hybridized carbons (Fsp3) is 0.312. The van der Waals surface area contributed by atoms with Gasteiger partial charge >= 0.3 is 0 Å². The fourth-order valence-electron chi connectivity index (χ4n) is 1.99. The number of nitrogens with two attached hydrogens (primary N) is 1. The Kier molecular flexibility index (Phi) is 5.38. The zero-order chi connectivity index (χ0) is 14.2. The van der Waals surface area contributed by atoms with Gasteiger partial charge in [-0.25, -0.2) is 0 Å². The number of pyridine rings is 1. The topological polar surface area (TPSA) is 60.2 Å². The summed E-state index contributed by atoms with van der Waals surface area (Å²) >= 11 is 0. The Morgan fingerprint density at radius 1 is 1.25 bits per heavy atom. The third kappa shape index (κ3) is 4.24. The molecule has 106 valence electrons. The molecule has 0 aliphatic heterocycles. The van der Waals surface area contributed by atoms with Gasteiger partial charge in [0, 0.05) is 12.7 Å². The van der Waals surface area contributed by atoms with E-state index in [4.69, 9.17) is 10.5 Å². The molecule has 1 aromatic carbocycles. The molecular formula is C16H21N3O. The van der Waals surface area contributed by atoms with Gasteiger partial charge in [0.2, 0.25) is 0 Å². The van der Waals surface area contributed by atoms with E-state index in [1.807, 2.05) is 43.5 Å². The molecule has 0 amide bonds. The van der Waals surface area contributed by atoms with Crippen LogP contribution in [0, 0.1) is 0 Å². The number of ether oxygens (including phenoxy) is 1. The Morgan fingerprint density at radius 3 is 2.85 bits per heavy atom. The van der Waals surface area contributed by atoms with Crippen molar-refractivity contribution >= 4 is 5.69 Å². The van der Waals surface area contributed by atoms with Gasteiger partial charge in [-0.3, -0.25) is 4.98 Å². The molecule has 4 heteroatoms. The summed E-state index contributed by atoms with van der Waals surface area (Å²) in [6, 6.07) is 11.9. The molecule has 1 heterocycles. The minimum Gasteiger partial charge on any atom is -0.492 e. The van der Waals surface area contributed by atoms with E-state index in [-0.39, 0.29) is 0 Å². The number of rotatable bonds is 7. The summed E-state index contributed by atoms with van der Waals surface area (Å²) < 4.78 is 5.43. The van der Waals surface area contributed by atoms with Gasteiger partial charge in [-0.15, -0.1) is 0 Å². The standard InChI is InChI=1S/C16H21N3O/c1-2-20-16-7-6-13(11-15(16)17)8-10-18-12-14-5-3-4-9-19-14/h3-7,9,11,18H,2,8,10,12,17H2,1H3. The highest BCUT2D eigenvalue weighted by molar-refractivity contribution is 5.54. The van der Waals surface area contributed by atoms with Gasteiger partial charge in [-0.2, -0.15) is 0 Å². The second-order valence-corrected chi connectivity index (χ2v) is 4.55. The van der Waals surface area contributed by atoms with E-state index in [0.29, 0.717) is 12.3 Å². The number of nitrogens with zero attached hydrogens (tertiary/aromatic N) is 1. The van der Waals surface area contributed by atoms with Crippen LogP contribution < -0.4 is 15.8 Å². The molecule has 0 bridgehead atoms. The highest BCUT2D eigenvalue weighted by atomic mass is 16.5. The summed E-state index contributed by atoms with van der Waals surface area (Å²) in [5.41, 5.74) is 8.91. The lowest BCUT2D eigenvalue weighted by Crippen LogP contribution is -2.17. The predicted octanol–water partition coefficient (Wildman–Crippen LogP) is 2.39. The summed E-state index contributed by atoms with van der Waals surface area (Å²) in [5.74, 6) is 0.762. The molecule has 20 heavy (non-hydrogen) atoms. The molecule has 4 nitrogen and oxygen atoms in total. The number of hydrogen-bond donors (Lipinski definition) is 2. The van der Waals surface area contributed by atoms with Crippen molar-refractivity contribution in [1.82, 2.24) is 10.3 Å². The lowest BCUT2D eigenvalue weighted by molar-refractivity contribution is 0.342. The SMILES string of the molecule is CCOc1ccc(CCNCc2ccccn2)cc1N. The van der Waals surface area contributed by atoms with Crippen LogP contribution in [0.2, 0.25) is 0 Å². The molecular weight excluding hydrogens is 250 g/mol. The van der Waals surface area contributed by atoms with Crippen LogP contribution in [0.15, 0.2) is 42.6 Å². The number of nitrogen functional groups attached to an aromatic ring is 1. The molecule has 0 unspecified atom stereocenters. The Morgan fingerprint density at radius 2 is 2.15 bits per heavy atom. The van der Waals surface area contributed by atoms with Crippen molar-refractivity contribution in [2.45, 2.75) is 19.9 Å². The van der Waals surface area contributed by atoms with E-state index in [9.17, 15) is 0 Å². The number of benzene rings is 1. The molecule has 0 atom stereocenters. The van der Waals surface area contributed by atoms with Gasteiger partial charge in [0.15, 0.2) is 0 Å². The van der Waals surface area contributed by atoms with Crippen LogP contribution in [0.3, 0.4) is 0 Å². The van der Waals surface area contributed by atoms with E-state index in [1.165, 1.54) is 5.56 Å². The number of aromatic nitrogens is 1. The van der Waals surface area contributed by atoms with E-state index < -0.39 is 0 Å². The van der Waals surface area contributed by atoms with Crippen molar-refractivity contribution in [3.8, 4) is 5.75 Å². The maximum Gasteiger partial charge on any atom is 0.142 e. The average Bonchev–Trinajstić information content (AvgIpc) is 2.48. The molecule has 0 saturated carbocycles. The van der Waals surface area contributed by atoms with E-state index in [2.05, 4.69) is 16.4 Å². The average molecular weight is 271 g/mol. The largest absolute Gasteiger partial charge is 0.492 e. The molecule has 0 spiro atoms. The van der Waals surface area contributed by atoms with Crippen LogP contribution in [0.25, 0.3) is 0 Å². The first-order chi connectivity index (χ1) is 9.79. The third-order valence-electron chi connectivity index (χ3n) is 3.00. The third-order valence-corrected chi connectivity index (χ3v) is 3.00. The van der Waals surface area contributed by atoms with E-state index in [0.717, 1.165) is 31.0 Å². The summed E-state index contributed by atoms with van der Waals surface area (Å²) in [5, 5.41) is 3.37. The van der Waals surface area contributed by atoms with Gasteiger partial charge < -0.3 is 15.8 Å². The molecule has 2 aromatic rings. The van der Waals surface area contributed by atoms with Crippen LogP contribution in [0.4, 0.5) is 5.69 Å². The van der Waals surface area contributed by atoms with E-state index in [1.54, 1.807) is 0 Å². The first kappa shape index (κ1) is 14.3. The van der Waals surface area contributed by atoms with Gasteiger partial charge in [0.1, 0.15) is 5.75 Å². The van der Waals surface area contributed by atoms with Gasteiger partial charge in [0.25, 0.3) is 0 Å². The monoisotopic (exact) mass is 271 g/mol. The van der Waals surface area contributed by atoms with Crippen LogP contribution >= 0.6 is 0 Å². The first-order valence-corrected chi connectivity index (χ1v) is 6.91. The minimum atomic E-state index is 0.634. The Hall–Kier alpha value is -2.07. The number of nitrogens with one attached hydrogen (secondary N) is 1. The maximum atomic E-state index is 5.95. The number of anilines is 1. The highest BCUT2D eigenvalue weighted by Gasteiger charge is 2.01. The molecule has 1 aromatic heterocycles. The second-order valence-electron chi connectivity index (χ2n) is 4.55. The van der Waals surface area contributed by atoms with Crippen molar-refractivity contribution in [3.05, 3.63) is 53.9 Å². The van der Waals surface area contributed by atoms with E-state index >= 15 is 0 Å². The molecule has 0 aliphatic rings. The lowest BCUT2D eigenvalue weighted by atomic mass is 10.1. The summed E-state index contributed by atoms with van der Waals surface area (Å²) in [7, 11) is 0. The van der Waals surface area contributed by atoms with Gasteiger partial charge in [-0.1, -0.05) is 12.1 Å². The Balaban J connectivity index is 1.78. The van der Waals surface area contributed by atoms with Gasteiger partial charge in [-0.05, 0) is 49.7 Å². The summed E-state index contributed by atoms with van der Waals surface area (Å²) in [6.45, 7) is 4.27. The molecule has 2 rings (SSSR count). The molecule has 0 fully saturated rings. The smallest absolute Gasteiger partial charge is 0.142 e. The van der Waals surface area contributed by atoms with Crippen molar-refractivity contribution in [2.75, 3.05) is 18.9 Å². The quantitative estimate of drug-likeness (QED) is 0.599. The van der Waals surface area contributed by atoms with Crippen LogP contribution in [-0.2, 0) is 13.0 Å². The normalized spacial score (nSPS) is 10.4. The summed E-state index contributed by atoms with van der Waals surface area (Å²) in [4.78, 5) is 4.27. The van der Waals surface area contributed by atoms with Crippen molar-refractivity contribution in [1.29, 1.82) is 0 Å². The maximum absolute atomic E-state index is 5.95. The zero-order valence-electron chi connectivity index (χ0n) is 11.8. The zero-order valence-corrected chi connectivity index (χ0v) is 11.8. The van der Waals surface area contributed by atoms with Crippen LogP contribution in [0.1, 0.15) is 18.2 Å². The van der Waals surface area contributed by atoms with Crippen molar-refractivity contribution < 1.29 is 4.74 Å². The van der Waals surface area contributed by atoms with Crippen LogP contribution in [0.5, 0.6) is 5.75 Å². The van der Waals surface area contributed by atoms with Crippen molar-refractivity contribution in [2.24, 2.45) is 0 Å². The Bertz CT molecular complexity index is 529. The molecule has 0 saturated heterocycles.